The lowest BCUT2D eigenvalue weighted by atomic mass is 9.98. The van der Waals surface area contributed by atoms with Crippen molar-refractivity contribution in [2.75, 3.05) is 24.6 Å². The first-order valence-electron chi connectivity index (χ1n) is 11.7. The Hall–Kier alpha value is -4.13. The van der Waals surface area contributed by atoms with Crippen LogP contribution in [0.25, 0.3) is 11.1 Å². The fourth-order valence-electron chi connectivity index (χ4n) is 4.88. The van der Waals surface area contributed by atoms with E-state index < -0.39 is 18.6 Å². The first-order valence-corrected chi connectivity index (χ1v) is 11.7. The molecule has 2 unspecified atom stereocenters. The standard InChI is InChI=1S/C28H26N2O5/c31-26(32)16-30(19-8-2-1-3-9-19)27(33)24-14-18(24)15-29-28(34)35-17-25-22-12-6-4-10-20(22)21-11-5-7-13-23(21)25/h1-13,18,24-25H,14-17H2,(H,29,34)(H,31,32). The second-order valence-corrected chi connectivity index (χ2v) is 8.96. The summed E-state index contributed by atoms with van der Waals surface area (Å²) >= 11 is 0. The van der Waals surface area contributed by atoms with Gasteiger partial charge in [0.1, 0.15) is 13.2 Å². The van der Waals surface area contributed by atoms with Crippen molar-refractivity contribution in [2.45, 2.75) is 12.3 Å². The molecule has 1 fully saturated rings. The third kappa shape index (κ3) is 4.75. The number of anilines is 1. The molecule has 7 nitrogen and oxygen atoms in total. The second-order valence-electron chi connectivity index (χ2n) is 8.96. The predicted octanol–water partition coefficient (Wildman–Crippen LogP) is 4.28. The number of ether oxygens (including phenoxy) is 1. The van der Waals surface area contributed by atoms with Crippen LogP contribution in [0.3, 0.4) is 0 Å². The Morgan fingerprint density at radius 2 is 1.49 bits per heavy atom. The van der Waals surface area contributed by atoms with E-state index in [-0.39, 0.29) is 30.3 Å². The maximum atomic E-state index is 12.9. The van der Waals surface area contributed by atoms with Crippen molar-refractivity contribution in [3.63, 3.8) is 0 Å². The molecule has 0 aliphatic heterocycles. The number of fused-ring (bicyclic) bond motifs is 3. The van der Waals surface area contributed by atoms with Gasteiger partial charge in [-0.25, -0.2) is 4.79 Å². The summed E-state index contributed by atoms with van der Waals surface area (Å²) in [4.78, 5) is 38.0. The van der Waals surface area contributed by atoms with E-state index in [4.69, 9.17) is 4.74 Å². The minimum atomic E-state index is -1.07. The second kappa shape index (κ2) is 9.62. The number of aliphatic carboxylic acids is 1. The molecule has 3 aromatic carbocycles. The zero-order valence-corrected chi connectivity index (χ0v) is 19.1. The number of carboxylic acids is 1. The summed E-state index contributed by atoms with van der Waals surface area (Å²) < 4.78 is 5.56. The molecule has 0 heterocycles. The molecular formula is C28H26N2O5. The van der Waals surface area contributed by atoms with Gasteiger partial charge in [0.05, 0.1) is 0 Å². The van der Waals surface area contributed by atoms with Gasteiger partial charge in [-0.2, -0.15) is 0 Å². The third-order valence-corrected chi connectivity index (χ3v) is 6.72. The number of carbonyl (C=O) groups is 3. The number of hydrogen-bond donors (Lipinski definition) is 2. The van der Waals surface area contributed by atoms with Gasteiger partial charge in [-0.05, 0) is 46.7 Å². The summed E-state index contributed by atoms with van der Waals surface area (Å²) in [6, 6.07) is 25.1. The van der Waals surface area contributed by atoms with Gasteiger partial charge < -0.3 is 20.1 Å². The first-order chi connectivity index (χ1) is 17.0. The molecule has 5 rings (SSSR count). The highest BCUT2D eigenvalue weighted by molar-refractivity contribution is 6.00. The number of nitrogens with zero attached hydrogens (tertiary/aromatic N) is 1. The number of rotatable bonds is 8. The monoisotopic (exact) mass is 470 g/mol. The molecular weight excluding hydrogens is 444 g/mol. The fourth-order valence-corrected chi connectivity index (χ4v) is 4.88. The average Bonchev–Trinajstić information content (AvgIpc) is 3.59. The van der Waals surface area contributed by atoms with Crippen LogP contribution in [0.1, 0.15) is 23.5 Å². The molecule has 0 radical (unpaired) electrons. The van der Waals surface area contributed by atoms with Crippen LogP contribution in [0.2, 0.25) is 0 Å². The van der Waals surface area contributed by atoms with Crippen molar-refractivity contribution in [3.8, 4) is 11.1 Å². The smallest absolute Gasteiger partial charge is 0.407 e. The summed E-state index contributed by atoms with van der Waals surface area (Å²) in [6.45, 7) is 0.141. The predicted molar refractivity (Wildman–Crippen MR) is 131 cm³/mol. The molecule has 2 aliphatic carbocycles. The normalized spacial score (nSPS) is 17.7. The van der Waals surface area contributed by atoms with E-state index >= 15 is 0 Å². The van der Waals surface area contributed by atoms with Crippen LogP contribution in [0.4, 0.5) is 10.5 Å². The Kier molecular flexibility index (Phi) is 6.23. The lowest BCUT2D eigenvalue weighted by molar-refractivity contribution is -0.136. The zero-order valence-electron chi connectivity index (χ0n) is 19.1. The van der Waals surface area contributed by atoms with Crippen LogP contribution in [0.15, 0.2) is 78.9 Å². The summed E-state index contributed by atoms with van der Waals surface area (Å²) in [7, 11) is 0. The molecule has 2 amide bonds. The van der Waals surface area contributed by atoms with Crippen molar-refractivity contribution in [3.05, 3.63) is 90.0 Å². The first kappa shape index (κ1) is 22.7. The van der Waals surface area contributed by atoms with Gasteiger partial charge in [-0.3, -0.25) is 9.59 Å². The van der Waals surface area contributed by atoms with Gasteiger partial charge in [-0.1, -0.05) is 66.7 Å². The van der Waals surface area contributed by atoms with Crippen LogP contribution in [-0.2, 0) is 14.3 Å². The van der Waals surface area contributed by atoms with Gasteiger partial charge in [0.25, 0.3) is 0 Å². The number of benzene rings is 3. The number of hydrogen-bond acceptors (Lipinski definition) is 4. The highest BCUT2D eigenvalue weighted by Gasteiger charge is 2.45. The summed E-state index contributed by atoms with van der Waals surface area (Å²) in [5, 5.41) is 12.0. The molecule has 0 saturated heterocycles. The Morgan fingerprint density at radius 1 is 0.886 bits per heavy atom. The van der Waals surface area contributed by atoms with Crippen LogP contribution in [0, 0.1) is 11.8 Å². The molecule has 2 aliphatic rings. The number of alkyl carbamates (subject to hydrolysis) is 1. The minimum Gasteiger partial charge on any atom is -0.480 e. The molecule has 35 heavy (non-hydrogen) atoms. The molecule has 0 spiro atoms. The molecule has 7 heteroatoms. The summed E-state index contributed by atoms with van der Waals surface area (Å²) in [5.74, 6) is -1.68. The molecule has 2 N–H and O–H groups in total. The fraction of sp³-hybridized carbons (Fsp3) is 0.250. The molecule has 1 saturated carbocycles. The van der Waals surface area contributed by atoms with Crippen LogP contribution >= 0.6 is 0 Å². The lowest BCUT2D eigenvalue weighted by Crippen LogP contribution is -2.37. The van der Waals surface area contributed by atoms with Gasteiger partial charge in [-0.15, -0.1) is 0 Å². The average molecular weight is 471 g/mol. The van der Waals surface area contributed by atoms with Gasteiger partial charge in [0, 0.05) is 24.1 Å². The largest absolute Gasteiger partial charge is 0.480 e. The van der Waals surface area contributed by atoms with Gasteiger partial charge >= 0.3 is 12.1 Å². The molecule has 0 bridgehead atoms. The molecule has 0 aromatic heterocycles. The molecule has 178 valence electrons. The maximum absolute atomic E-state index is 12.9. The van der Waals surface area contributed by atoms with E-state index in [0.717, 1.165) is 11.1 Å². The quantitative estimate of drug-likeness (QED) is 0.512. The maximum Gasteiger partial charge on any atom is 0.407 e. The number of carbonyl (C=O) groups excluding carboxylic acids is 2. The van der Waals surface area contributed by atoms with Crippen LogP contribution in [0.5, 0.6) is 0 Å². The van der Waals surface area contributed by atoms with E-state index in [1.807, 2.05) is 30.3 Å². The van der Waals surface area contributed by atoms with Crippen LogP contribution in [-0.4, -0.2) is 42.8 Å². The lowest BCUT2D eigenvalue weighted by Gasteiger charge is -2.21. The number of amides is 2. The molecule has 3 aromatic rings. The molecule has 2 atom stereocenters. The Balaban J connectivity index is 1.14. The Bertz CT molecular complexity index is 1210. The zero-order chi connectivity index (χ0) is 24.4. The van der Waals surface area contributed by atoms with E-state index in [0.29, 0.717) is 18.7 Å². The topological polar surface area (TPSA) is 95.9 Å². The summed E-state index contributed by atoms with van der Waals surface area (Å²) in [5.41, 5.74) is 5.18. The highest BCUT2D eigenvalue weighted by atomic mass is 16.5. The number of carboxylic acid groups (broad SMARTS) is 1. The van der Waals surface area contributed by atoms with Gasteiger partial charge in [0.15, 0.2) is 0 Å². The van der Waals surface area contributed by atoms with E-state index in [1.165, 1.54) is 16.0 Å². The van der Waals surface area contributed by atoms with Crippen molar-refractivity contribution < 1.29 is 24.2 Å². The SMILES string of the molecule is O=C(O)CN(C(=O)C1CC1CNC(=O)OCC1c2ccccc2-c2ccccc21)c1ccccc1. The van der Waals surface area contributed by atoms with Crippen molar-refractivity contribution in [1.82, 2.24) is 5.32 Å². The van der Waals surface area contributed by atoms with Gasteiger partial charge in [0.2, 0.25) is 5.91 Å². The van der Waals surface area contributed by atoms with E-state index in [2.05, 4.69) is 29.6 Å². The number of nitrogens with one attached hydrogen (secondary N) is 1. The Labute approximate surface area is 203 Å². The third-order valence-electron chi connectivity index (χ3n) is 6.72. The highest BCUT2D eigenvalue weighted by Crippen LogP contribution is 2.44. The van der Waals surface area contributed by atoms with Crippen molar-refractivity contribution in [1.29, 1.82) is 0 Å². The van der Waals surface area contributed by atoms with Crippen LogP contribution < -0.4 is 10.2 Å². The van der Waals surface area contributed by atoms with Crippen molar-refractivity contribution >= 4 is 23.7 Å². The number of para-hydroxylation sites is 1. The van der Waals surface area contributed by atoms with Crippen molar-refractivity contribution in [2.24, 2.45) is 11.8 Å². The summed E-state index contributed by atoms with van der Waals surface area (Å²) in [6.07, 6.45) is 0.0845. The Morgan fingerprint density at radius 3 is 2.11 bits per heavy atom. The minimum absolute atomic E-state index is 0.0150. The van der Waals surface area contributed by atoms with E-state index in [1.54, 1.807) is 24.3 Å². The van der Waals surface area contributed by atoms with E-state index in [9.17, 15) is 19.5 Å².